The van der Waals surface area contributed by atoms with E-state index < -0.39 is 0 Å². The second-order valence-electron chi connectivity index (χ2n) is 5.89. The van der Waals surface area contributed by atoms with Gasteiger partial charge in [-0.2, -0.15) is 0 Å². The van der Waals surface area contributed by atoms with Crippen molar-refractivity contribution in [2.45, 2.75) is 37.6 Å². The fourth-order valence-electron chi connectivity index (χ4n) is 3.20. The van der Waals surface area contributed by atoms with Crippen molar-refractivity contribution in [1.82, 2.24) is 5.43 Å². The molecule has 2 aromatic rings. The zero-order valence-electron chi connectivity index (χ0n) is 12.8. The third kappa shape index (κ3) is 2.61. The minimum Gasteiger partial charge on any atom is -0.271 e. The predicted molar refractivity (Wildman–Crippen MR) is 90.6 cm³/mol. The minimum atomic E-state index is 0.167. The first-order chi connectivity index (χ1) is 10.1. The lowest BCUT2D eigenvalue weighted by Crippen LogP contribution is -2.33. The van der Waals surface area contributed by atoms with E-state index in [-0.39, 0.29) is 6.04 Å². The van der Waals surface area contributed by atoms with Gasteiger partial charge in [0.05, 0.1) is 6.04 Å². The van der Waals surface area contributed by atoms with Gasteiger partial charge in [0, 0.05) is 16.6 Å². The highest BCUT2D eigenvalue weighted by Gasteiger charge is 2.31. The van der Waals surface area contributed by atoms with Gasteiger partial charge in [-0.05, 0) is 54.7 Å². The molecule has 2 nitrogen and oxygen atoms in total. The van der Waals surface area contributed by atoms with Gasteiger partial charge in [0.2, 0.25) is 0 Å². The Hall–Kier alpha value is -1.29. The van der Waals surface area contributed by atoms with Gasteiger partial charge in [0.25, 0.3) is 0 Å². The summed E-state index contributed by atoms with van der Waals surface area (Å²) in [5.74, 6) is 7.45. The van der Waals surface area contributed by atoms with E-state index in [2.05, 4.69) is 62.6 Å². The maximum atomic E-state index is 5.94. The van der Waals surface area contributed by atoms with Crippen LogP contribution in [-0.4, -0.2) is 5.75 Å². The fraction of sp³-hybridized carbons (Fsp3) is 0.333. The Labute approximate surface area is 131 Å². The molecule has 1 heterocycles. The summed E-state index contributed by atoms with van der Waals surface area (Å²) < 4.78 is 0. The molecule has 0 bridgehead atoms. The van der Waals surface area contributed by atoms with Gasteiger partial charge in [-0.15, -0.1) is 11.8 Å². The third-order valence-electron chi connectivity index (χ3n) is 4.54. The van der Waals surface area contributed by atoms with Gasteiger partial charge < -0.3 is 0 Å². The monoisotopic (exact) mass is 298 g/mol. The molecule has 2 aromatic carbocycles. The van der Waals surface area contributed by atoms with Crippen LogP contribution in [0.5, 0.6) is 0 Å². The number of thioether (sulfide) groups is 1. The molecule has 21 heavy (non-hydrogen) atoms. The van der Waals surface area contributed by atoms with Crippen molar-refractivity contribution in [3.05, 3.63) is 64.2 Å². The summed E-state index contributed by atoms with van der Waals surface area (Å²) in [6, 6.07) is 13.4. The number of hydrogen-bond acceptors (Lipinski definition) is 3. The van der Waals surface area contributed by atoms with Gasteiger partial charge in [-0.3, -0.25) is 11.3 Å². The number of hydrazine groups is 1. The van der Waals surface area contributed by atoms with Crippen LogP contribution in [0.4, 0.5) is 0 Å². The summed E-state index contributed by atoms with van der Waals surface area (Å²) in [6.07, 6.45) is 0. The lowest BCUT2D eigenvalue weighted by molar-refractivity contribution is 0.483. The van der Waals surface area contributed by atoms with E-state index in [9.17, 15) is 0 Å². The first-order valence-electron chi connectivity index (χ1n) is 7.37. The van der Waals surface area contributed by atoms with Crippen LogP contribution < -0.4 is 11.3 Å². The lowest BCUT2D eigenvalue weighted by Gasteiger charge is -2.26. The van der Waals surface area contributed by atoms with E-state index in [0.29, 0.717) is 5.92 Å². The smallest absolute Gasteiger partial charge is 0.0539 e. The van der Waals surface area contributed by atoms with Crippen LogP contribution in [0.25, 0.3) is 0 Å². The van der Waals surface area contributed by atoms with Crippen molar-refractivity contribution >= 4 is 11.8 Å². The summed E-state index contributed by atoms with van der Waals surface area (Å²) >= 11 is 1.93. The Bertz CT molecular complexity index is 666. The van der Waals surface area contributed by atoms with Gasteiger partial charge in [-0.1, -0.05) is 30.3 Å². The molecule has 0 saturated carbocycles. The van der Waals surface area contributed by atoms with E-state index in [4.69, 9.17) is 5.84 Å². The van der Waals surface area contributed by atoms with Crippen LogP contribution in [0, 0.1) is 20.8 Å². The lowest BCUT2D eigenvalue weighted by atomic mass is 9.85. The molecule has 0 fully saturated rings. The molecule has 0 saturated heterocycles. The van der Waals surface area contributed by atoms with Crippen molar-refractivity contribution in [3.63, 3.8) is 0 Å². The fourth-order valence-corrected chi connectivity index (χ4v) is 4.50. The predicted octanol–water partition coefficient (Wildman–Crippen LogP) is 4.01. The quantitative estimate of drug-likeness (QED) is 0.664. The molecule has 2 unspecified atom stereocenters. The minimum absolute atomic E-state index is 0.167. The number of fused-ring (bicyclic) bond motifs is 1. The van der Waals surface area contributed by atoms with Crippen LogP contribution in [0.2, 0.25) is 0 Å². The normalized spacial score (nSPS) is 18.6. The van der Waals surface area contributed by atoms with Crippen LogP contribution in [-0.2, 0) is 0 Å². The van der Waals surface area contributed by atoms with Crippen molar-refractivity contribution in [3.8, 4) is 0 Å². The molecule has 0 radical (unpaired) electrons. The van der Waals surface area contributed by atoms with Crippen molar-refractivity contribution < 1.29 is 0 Å². The highest BCUT2D eigenvalue weighted by molar-refractivity contribution is 7.99. The Morgan fingerprint density at radius 2 is 1.81 bits per heavy atom. The molecule has 3 rings (SSSR count). The number of rotatable bonds is 3. The first kappa shape index (κ1) is 14.6. The molecule has 0 amide bonds. The molecule has 2 atom stereocenters. The Morgan fingerprint density at radius 3 is 2.57 bits per heavy atom. The second-order valence-corrected chi connectivity index (χ2v) is 6.95. The Kier molecular flexibility index (Phi) is 4.07. The number of aryl methyl sites for hydroxylation is 3. The van der Waals surface area contributed by atoms with Crippen LogP contribution in [0.3, 0.4) is 0 Å². The summed E-state index contributed by atoms with van der Waals surface area (Å²) in [5.41, 5.74) is 9.80. The Morgan fingerprint density at radius 1 is 1.10 bits per heavy atom. The van der Waals surface area contributed by atoms with Crippen LogP contribution in [0.1, 0.15) is 39.8 Å². The highest BCUT2D eigenvalue weighted by Crippen LogP contribution is 2.45. The maximum absolute atomic E-state index is 5.94. The molecule has 3 heteroatoms. The van der Waals surface area contributed by atoms with E-state index in [0.717, 1.165) is 5.75 Å². The molecular weight excluding hydrogens is 276 g/mol. The zero-order chi connectivity index (χ0) is 15.0. The van der Waals surface area contributed by atoms with Crippen LogP contribution in [0.15, 0.2) is 41.3 Å². The van der Waals surface area contributed by atoms with E-state index in [1.165, 1.54) is 32.7 Å². The average molecular weight is 298 g/mol. The Balaban J connectivity index is 2.03. The number of hydrogen-bond donors (Lipinski definition) is 2. The summed E-state index contributed by atoms with van der Waals surface area (Å²) in [4.78, 5) is 1.39. The van der Waals surface area contributed by atoms with E-state index in [1.54, 1.807) is 0 Å². The molecular formula is C18H22N2S. The van der Waals surface area contributed by atoms with E-state index in [1.807, 2.05) is 11.8 Å². The summed E-state index contributed by atoms with van der Waals surface area (Å²) in [5, 5.41) is 0. The molecule has 1 aliphatic rings. The van der Waals surface area contributed by atoms with Gasteiger partial charge in [0.15, 0.2) is 0 Å². The summed E-state index contributed by atoms with van der Waals surface area (Å²) in [6.45, 7) is 6.51. The average Bonchev–Trinajstić information content (AvgIpc) is 2.89. The van der Waals surface area contributed by atoms with Crippen molar-refractivity contribution in [2.75, 3.05) is 5.75 Å². The molecule has 110 valence electrons. The van der Waals surface area contributed by atoms with Crippen molar-refractivity contribution in [1.29, 1.82) is 0 Å². The topological polar surface area (TPSA) is 38.0 Å². The first-order valence-corrected chi connectivity index (χ1v) is 8.36. The van der Waals surface area contributed by atoms with E-state index >= 15 is 0 Å². The van der Waals surface area contributed by atoms with Gasteiger partial charge >= 0.3 is 0 Å². The third-order valence-corrected chi connectivity index (χ3v) is 5.74. The molecule has 3 N–H and O–H groups in total. The van der Waals surface area contributed by atoms with Gasteiger partial charge in [0.1, 0.15) is 0 Å². The number of nitrogens with one attached hydrogen (secondary N) is 1. The standard InChI is InChI=1S/C18H22N2S/c1-11-8-13(3)15(9-12(11)2)18(20-19)16-10-21-17-7-5-4-6-14(16)17/h4-9,16,18,20H,10,19H2,1-3H3. The molecule has 1 aliphatic heterocycles. The summed E-state index contributed by atoms with van der Waals surface area (Å²) in [7, 11) is 0. The number of benzene rings is 2. The molecule has 0 spiro atoms. The molecule has 0 aromatic heterocycles. The zero-order valence-corrected chi connectivity index (χ0v) is 13.6. The largest absolute Gasteiger partial charge is 0.271 e. The van der Waals surface area contributed by atoms with Crippen LogP contribution >= 0.6 is 11.8 Å². The molecule has 0 aliphatic carbocycles. The number of nitrogens with two attached hydrogens (primary N) is 1. The SMILES string of the molecule is Cc1cc(C)c(C(NN)C2CSc3ccccc32)cc1C. The maximum Gasteiger partial charge on any atom is 0.0539 e. The van der Waals surface area contributed by atoms with Crippen molar-refractivity contribution in [2.24, 2.45) is 5.84 Å². The van der Waals surface area contributed by atoms with Gasteiger partial charge in [-0.25, -0.2) is 0 Å². The highest BCUT2D eigenvalue weighted by atomic mass is 32.2. The second kappa shape index (κ2) is 5.84.